The predicted molar refractivity (Wildman–Crippen MR) is 74.4 cm³/mol. The van der Waals surface area contributed by atoms with Crippen LogP contribution in [0.3, 0.4) is 0 Å². The third kappa shape index (κ3) is 3.77. The van der Waals surface area contributed by atoms with Gasteiger partial charge >= 0.3 is 0 Å². The fourth-order valence-electron chi connectivity index (χ4n) is 1.78. The third-order valence-electron chi connectivity index (χ3n) is 2.85. The fraction of sp³-hybridized carbons (Fsp3) is 0.200. The first-order valence-corrected chi connectivity index (χ1v) is 6.39. The summed E-state index contributed by atoms with van der Waals surface area (Å²) in [5.41, 5.74) is 7.15. The van der Waals surface area contributed by atoms with E-state index in [-0.39, 0.29) is 18.5 Å². The van der Waals surface area contributed by atoms with Crippen LogP contribution in [-0.2, 0) is 11.3 Å². The second-order valence-corrected chi connectivity index (χ2v) is 4.61. The summed E-state index contributed by atoms with van der Waals surface area (Å²) in [6, 6.07) is 13.8. The molecule has 2 rings (SSSR count). The van der Waals surface area contributed by atoms with E-state index < -0.39 is 0 Å². The van der Waals surface area contributed by atoms with Crippen molar-refractivity contribution in [1.82, 2.24) is 0 Å². The van der Waals surface area contributed by atoms with E-state index in [2.05, 4.69) is 0 Å². The lowest BCUT2D eigenvalue weighted by Gasteiger charge is -2.16. The van der Waals surface area contributed by atoms with Gasteiger partial charge in [0.25, 0.3) is 0 Å². The Kier molecular flexibility index (Phi) is 4.91. The van der Waals surface area contributed by atoms with Crippen LogP contribution in [-0.4, -0.2) is 6.54 Å². The van der Waals surface area contributed by atoms with E-state index in [0.717, 1.165) is 5.56 Å². The van der Waals surface area contributed by atoms with Crippen molar-refractivity contribution in [2.24, 2.45) is 5.73 Å². The number of hydrogen-bond donors (Lipinski definition) is 1. The first-order chi connectivity index (χ1) is 9.20. The second kappa shape index (κ2) is 6.66. The van der Waals surface area contributed by atoms with Crippen LogP contribution in [0.4, 0.5) is 4.39 Å². The number of nitrogens with two attached hydrogens (primary N) is 1. The molecule has 0 heterocycles. The Bertz CT molecular complexity index is 530. The van der Waals surface area contributed by atoms with E-state index in [1.54, 1.807) is 30.3 Å². The minimum absolute atomic E-state index is 0.192. The Morgan fingerprint density at radius 2 is 1.79 bits per heavy atom. The molecular formula is C15H15ClFNO. The van der Waals surface area contributed by atoms with Crippen molar-refractivity contribution < 1.29 is 9.13 Å². The number of benzene rings is 2. The SMILES string of the molecule is NCC(OCc1ccccc1F)c1ccc(Cl)cc1. The molecule has 100 valence electrons. The van der Waals surface area contributed by atoms with Crippen LogP contribution >= 0.6 is 11.6 Å². The standard InChI is InChI=1S/C15H15ClFNO/c16-13-7-5-11(6-8-13)15(9-18)19-10-12-3-1-2-4-14(12)17/h1-8,15H,9-10,18H2. The lowest BCUT2D eigenvalue weighted by atomic mass is 10.1. The van der Waals surface area contributed by atoms with Gasteiger partial charge in [-0.25, -0.2) is 4.39 Å². The molecule has 0 aliphatic heterocycles. The van der Waals surface area contributed by atoms with Crippen LogP contribution < -0.4 is 5.73 Å². The van der Waals surface area contributed by atoms with Crippen LogP contribution in [0.5, 0.6) is 0 Å². The summed E-state index contributed by atoms with van der Waals surface area (Å²) >= 11 is 5.83. The van der Waals surface area contributed by atoms with E-state index in [4.69, 9.17) is 22.1 Å². The highest BCUT2D eigenvalue weighted by Crippen LogP contribution is 2.21. The van der Waals surface area contributed by atoms with Gasteiger partial charge in [-0.3, -0.25) is 0 Å². The van der Waals surface area contributed by atoms with Gasteiger partial charge < -0.3 is 10.5 Å². The molecule has 0 aliphatic carbocycles. The Morgan fingerprint density at radius 1 is 1.11 bits per heavy atom. The molecule has 0 saturated heterocycles. The summed E-state index contributed by atoms with van der Waals surface area (Å²) in [6.07, 6.45) is -0.267. The van der Waals surface area contributed by atoms with E-state index in [9.17, 15) is 4.39 Å². The maximum atomic E-state index is 13.5. The topological polar surface area (TPSA) is 35.2 Å². The predicted octanol–water partition coefficient (Wildman–Crippen LogP) is 3.70. The lowest BCUT2D eigenvalue weighted by Crippen LogP contribution is -2.16. The molecule has 19 heavy (non-hydrogen) atoms. The summed E-state index contributed by atoms with van der Waals surface area (Å²) in [5.74, 6) is -0.269. The largest absolute Gasteiger partial charge is 0.367 e. The Morgan fingerprint density at radius 3 is 2.42 bits per heavy atom. The van der Waals surface area contributed by atoms with Gasteiger partial charge in [0.05, 0.1) is 12.7 Å². The average molecular weight is 280 g/mol. The molecule has 4 heteroatoms. The monoisotopic (exact) mass is 279 g/mol. The van der Waals surface area contributed by atoms with Gasteiger partial charge in [0.15, 0.2) is 0 Å². The van der Waals surface area contributed by atoms with Crippen molar-refractivity contribution in [3.8, 4) is 0 Å². The smallest absolute Gasteiger partial charge is 0.128 e. The molecule has 2 aromatic rings. The van der Waals surface area contributed by atoms with Gasteiger partial charge in [-0.1, -0.05) is 41.9 Å². The first kappa shape index (κ1) is 14.0. The number of rotatable bonds is 5. The number of ether oxygens (including phenoxy) is 1. The summed E-state index contributed by atoms with van der Waals surface area (Å²) in [4.78, 5) is 0. The molecule has 0 fully saturated rings. The molecule has 0 radical (unpaired) electrons. The van der Waals surface area contributed by atoms with Crippen LogP contribution in [0, 0.1) is 5.82 Å². The van der Waals surface area contributed by atoms with E-state index in [1.165, 1.54) is 6.07 Å². The van der Waals surface area contributed by atoms with E-state index >= 15 is 0 Å². The highest BCUT2D eigenvalue weighted by Gasteiger charge is 2.11. The van der Waals surface area contributed by atoms with Crippen LogP contribution in [0.2, 0.25) is 5.02 Å². The molecular weight excluding hydrogens is 265 g/mol. The third-order valence-corrected chi connectivity index (χ3v) is 3.11. The molecule has 1 atom stereocenters. The average Bonchev–Trinajstić information content (AvgIpc) is 2.43. The summed E-state index contributed by atoms with van der Waals surface area (Å²) in [5, 5.41) is 0.661. The highest BCUT2D eigenvalue weighted by atomic mass is 35.5. The van der Waals surface area contributed by atoms with Gasteiger partial charge in [-0.15, -0.1) is 0 Å². The minimum Gasteiger partial charge on any atom is -0.367 e. The molecule has 0 amide bonds. The van der Waals surface area contributed by atoms with Gasteiger partial charge in [-0.2, -0.15) is 0 Å². The van der Waals surface area contributed by atoms with E-state index in [1.807, 2.05) is 12.1 Å². The van der Waals surface area contributed by atoms with Gasteiger partial charge in [-0.05, 0) is 23.8 Å². The van der Waals surface area contributed by atoms with Gasteiger partial charge in [0.1, 0.15) is 5.82 Å². The summed E-state index contributed by atoms with van der Waals surface area (Å²) in [7, 11) is 0. The molecule has 0 saturated carbocycles. The Labute approximate surface area is 117 Å². The maximum absolute atomic E-state index is 13.5. The molecule has 1 unspecified atom stereocenters. The highest BCUT2D eigenvalue weighted by molar-refractivity contribution is 6.30. The van der Waals surface area contributed by atoms with Crippen molar-refractivity contribution in [2.75, 3.05) is 6.54 Å². The molecule has 2 aromatic carbocycles. The molecule has 2 nitrogen and oxygen atoms in total. The first-order valence-electron chi connectivity index (χ1n) is 6.01. The summed E-state index contributed by atoms with van der Waals surface area (Å²) < 4.78 is 19.1. The van der Waals surface area contributed by atoms with Crippen LogP contribution in [0.15, 0.2) is 48.5 Å². The summed E-state index contributed by atoms with van der Waals surface area (Å²) in [6.45, 7) is 0.521. The van der Waals surface area contributed by atoms with Crippen molar-refractivity contribution in [3.05, 3.63) is 70.5 Å². The van der Waals surface area contributed by atoms with Crippen molar-refractivity contribution in [1.29, 1.82) is 0 Å². The Balaban J connectivity index is 2.04. The molecule has 0 spiro atoms. The van der Waals surface area contributed by atoms with Crippen molar-refractivity contribution in [3.63, 3.8) is 0 Å². The normalized spacial score (nSPS) is 12.4. The second-order valence-electron chi connectivity index (χ2n) is 4.18. The molecule has 2 N–H and O–H groups in total. The number of halogens is 2. The van der Waals surface area contributed by atoms with Crippen LogP contribution in [0.1, 0.15) is 17.2 Å². The lowest BCUT2D eigenvalue weighted by molar-refractivity contribution is 0.0440. The van der Waals surface area contributed by atoms with Gasteiger partial charge in [0, 0.05) is 17.1 Å². The van der Waals surface area contributed by atoms with Crippen molar-refractivity contribution in [2.45, 2.75) is 12.7 Å². The fourth-order valence-corrected chi connectivity index (χ4v) is 1.91. The zero-order valence-electron chi connectivity index (χ0n) is 10.4. The quantitative estimate of drug-likeness (QED) is 0.906. The number of hydrogen-bond acceptors (Lipinski definition) is 2. The van der Waals surface area contributed by atoms with Crippen molar-refractivity contribution >= 4 is 11.6 Å². The van der Waals surface area contributed by atoms with Gasteiger partial charge in [0.2, 0.25) is 0 Å². The Hall–Kier alpha value is -1.42. The molecule has 0 bridgehead atoms. The van der Waals surface area contributed by atoms with E-state index in [0.29, 0.717) is 17.1 Å². The molecule has 0 aliphatic rings. The minimum atomic E-state index is -0.269. The maximum Gasteiger partial charge on any atom is 0.128 e. The zero-order valence-corrected chi connectivity index (χ0v) is 11.1. The van der Waals surface area contributed by atoms with Crippen LogP contribution in [0.25, 0.3) is 0 Å². The zero-order chi connectivity index (χ0) is 13.7. The molecule has 0 aromatic heterocycles.